The maximum Gasteiger partial charge on any atom is 0.213 e. The molecule has 5 heteroatoms. The van der Waals surface area contributed by atoms with Gasteiger partial charge in [0.2, 0.25) is 5.78 Å². The molecule has 0 unspecified atom stereocenters. The average Bonchev–Trinajstić information content (AvgIpc) is 3.34. The number of hydrogen-bond donors (Lipinski definition) is 0. The van der Waals surface area contributed by atoms with Crippen LogP contribution >= 0.6 is 28.3 Å². The Balaban J connectivity index is 0.00000205. The summed E-state index contributed by atoms with van der Waals surface area (Å²) in [7, 11) is 0. The van der Waals surface area contributed by atoms with Gasteiger partial charge in [-0.05, 0) is 5.56 Å². The Bertz CT molecular complexity index is 1260. The fraction of sp³-hybridized carbons (Fsp3) is 0. The van der Waals surface area contributed by atoms with Crippen LogP contribution in [-0.2, 0) is 0 Å². The molecule has 0 radical (unpaired) electrons. The summed E-state index contributed by atoms with van der Waals surface area (Å²) in [5.74, 6) is -0.0608. The summed E-state index contributed by atoms with van der Waals surface area (Å²) in [4.78, 5) is 18.8. The van der Waals surface area contributed by atoms with Crippen LogP contribution in [0.2, 0.25) is 0 Å². The SMILES string of the molecule is Br.O=C(c1ccccc1)c1nc2scc(-c3ccccc3)n2c1-c1ccccc1. The third-order valence-corrected chi connectivity index (χ3v) is 5.56. The molecule has 29 heavy (non-hydrogen) atoms. The number of ketones is 1. The summed E-state index contributed by atoms with van der Waals surface area (Å²) in [5, 5.41) is 2.10. The summed E-state index contributed by atoms with van der Waals surface area (Å²) >= 11 is 1.55. The standard InChI is InChI=1S/C24H16N2OS.BrH/c27-23(19-14-8-3-9-15-19)21-22(18-12-6-2-7-13-18)26-20(16-28-24(26)25-21)17-10-4-1-5-11-17;/h1-16H;1H. The van der Waals surface area contributed by atoms with Gasteiger partial charge in [-0.25, -0.2) is 4.98 Å². The number of aromatic nitrogens is 2. The largest absolute Gasteiger partial charge is 0.287 e. The molecule has 0 aliphatic carbocycles. The van der Waals surface area contributed by atoms with Gasteiger partial charge in [0.1, 0.15) is 5.69 Å². The average molecular weight is 461 g/mol. The van der Waals surface area contributed by atoms with E-state index in [1.54, 1.807) is 11.3 Å². The Hall–Kier alpha value is -3.02. The first-order valence-electron chi connectivity index (χ1n) is 9.03. The van der Waals surface area contributed by atoms with Gasteiger partial charge in [0.05, 0.1) is 11.4 Å². The second-order valence-electron chi connectivity index (χ2n) is 6.48. The maximum absolute atomic E-state index is 13.3. The van der Waals surface area contributed by atoms with Crippen LogP contribution in [0.1, 0.15) is 16.1 Å². The maximum atomic E-state index is 13.3. The molecule has 2 aromatic heterocycles. The van der Waals surface area contributed by atoms with Crippen molar-refractivity contribution in [2.24, 2.45) is 0 Å². The molecular weight excluding hydrogens is 444 g/mol. The number of carbonyl (C=O) groups is 1. The first-order valence-corrected chi connectivity index (χ1v) is 9.91. The van der Waals surface area contributed by atoms with Crippen molar-refractivity contribution < 1.29 is 4.79 Å². The number of thiazole rings is 1. The summed E-state index contributed by atoms with van der Waals surface area (Å²) in [5.41, 5.74) is 5.09. The van der Waals surface area contributed by atoms with E-state index in [-0.39, 0.29) is 22.8 Å². The van der Waals surface area contributed by atoms with E-state index < -0.39 is 0 Å². The molecule has 2 heterocycles. The highest BCUT2D eigenvalue weighted by Gasteiger charge is 2.24. The van der Waals surface area contributed by atoms with Gasteiger partial charge in [0.25, 0.3) is 0 Å². The highest BCUT2D eigenvalue weighted by atomic mass is 79.9. The monoisotopic (exact) mass is 460 g/mol. The molecule has 0 N–H and O–H groups in total. The Labute approximate surface area is 183 Å². The van der Waals surface area contributed by atoms with E-state index >= 15 is 0 Å². The number of halogens is 1. The lowest BCUT2D eigenvalue weighted by Gasteiger charge is -2.07. The molecule has 0 aliphatic heterocycles. The number of benzene rings is 3. The highest BCUT2D eigenvalue weighted by molar-refractivity contribution is 8.93. The Kier molecular flexibility index (Phi) is 5.43. The third kappa shape index (κ3) is 3.43. The van der Waals surface area contributed by atoms with E-state index in [9.17, 15) is 4.79 Å². The summed E-state index contributed by atoms with van der Waals surface area (Å²) in [6.07, 6.45) is 0. The molecule has 3 nitrogen and oxygen atoms in total. The van der Waals surface area contributed by atoms with Crippen LogP contribution in [0.5, 0.6) is 0 Å². The number of carbonyl (C=O) groups excluding carboxylic acids is 1. The highest BCUT2D eigenvalue weighted by Crippen LogP contribution is 2.34. The van der Waals surface area contributed by atoms with Crippen molar-refractivity contribution in [2.75, 3.05) is 0 Å². The lowest BCUT2D eigenvalue weighted by atomic mass is 10.0. The quantitative estimate of drug-likeness (QED) is 0.285. The number of rotatable bonds is 4. The molecule has 0 fully saturated rings. The molecule has 0 spiro atoms. The molecule has 3 aromatic carbocycles. The van der Waals surface area contributed by atoms with Gasteiger partial charge in [-0.15, -0.1) is 28.3 Å². The predicted molar refractivity (Wildman–Crippen MR) is 124 cm³/mol. The Morgan fingerprint density at radius 3 is 1.93 bits per heavy atom. The van der Waals surface area contributed by atoms with Gasteiger partial charge in [-0.1, -0.05) is 91.0 Å². The summed E-state index contributed by atoms with van der Waals surface area (Å²) in [6, 6.07) is 29.5. The molecule has 0 bridgehead atoms. The van der Waals surface area contributed by atoms with Gasteiger partial charge < -0.3 is 0 Å². The molecule has 5 rings (SSSR count). The topological polar surface area (TPSA) is 34.4 Å². The van der Waals surface area contributed by atoms with Crippen LogP contribution in [0.4, 0.5) is 0 Å². The van der Waals surface area contributed by atoms with Crippen LogP contribution in [0.15, 0.2) is 96.4 Å². The smallest absolute Gasteiger partial charge is 0.213 e. The van der Waals surface area contributed by atoms with E-state index in [0.29, 0.717) is 11.3 Å². The second kappa shape index (κ2) is 8.15. The zero-order chi connectivity index (χ0) is 18.9. The minimum Gasteiger partial charge on any atom is -0.287 e. The van der Waals surface area contributed by atoms with Crippen LogP contribution in [-0.4, -0.2) is 15.2 Å². The molecule has 0 saturated carbocycles. The van der Waals surface area contributed by atoms with E-state index in [1.165, 1.54) is 0 Å². The lowest BCUT2D eigenvalue weighted by Crippen LogP contribution is -2.04. The van der Waals surface area contributed by atoms with Crippen molar-refractivity contribution in [1.82, 2.24) is 9.38 Å². The van der Waals surface area contributed by atoms with E-state index in [1.807, 2.05) is 78.9 Å². The fourth-order valence-electron chi connectivity index (χ4n) is 3.42. The zero-order valence-electron chi connectivity index (χ0n) is 15.4. The molecule has 5 aromatic rings. The van der Waals surface area contributed by atoms with E-state index in [0.717, 1.165) is 27.5 Å². The van der Waals surface area contributed by atoms with Gasteiger partial charge in [-0.2, -0.15) is 0 Å². The van der Waals surface area contributed by atoms with Crippen LogP contribution in [0.3, 0.4) is 0 Å². The zero-order valence-corrected chi connectivity index (χ0v) is 17.9. The predicted octanol–water partition coefficient (Wildman–Crippen LogP) is 6.54. The van der Waals surface area contributed by atoms with Crippen molar-refractivity contribution in [3.05, 3.63) is 108 Å². The third-order valence-electron chi connectivity index (χ3n) is 4.73. The molecule has 0 aliphatic rings. The summed E-state index contributed by atoms with van der Waals surface area (Å²) < 4.78 is 2.10. The molecule has 0 amide bonds. The van der Waals surface area contributed by atoms with Crippen molar-refractivity contribution in [3.8, 4) is 22.5 Å². The van der Waals surface area contributed by atoms with E-state index in [4.69, 9.17) is 4.98 Å². The van der Waals surface area contributed by atoms with Crippen LogP contribution < -0.4 is 0 Å². The normalized spacial score (nSPS) is 10.6. The number of nitrogens with zero attached hydrogens (tertiary/aromatic N) is 2. The fourth-order valence-corrected chi connectivity index (χ4v) is 4.31. The summed E-state index contributed by atoms with van der Waals surface area (Å²) in [6.45, 7) is 0. The first kappa shape index (κ1) is 19.3. The Morgan fingerprint density at radius 1 is 0.759 bits per heavy atom. The minimum absolute atomic E-state index is 0. The van der Waals surface area contributed by atoms with Crippen LogP contribution in [0.25, 0.3) is 27.5 Å². The van der Waals surface area contributed by atoms with Gasteiger partial charge >= 0.3 is 0 Å². The van der Waals surface area contributed by atoms with Crippen molar-refractivity contribution in [2.45, 2.75) is 0 Å². The second-order valence-corrected chi connectivity index (χ2v) is 7.31. The number of hydrogen-bond acceptors (Lipinski definition) is 3. The van der Waals surface area contributed by atoms with Gasteiger partial charge in [0.15, 0.2) is 4.96 Å². The van der Waals surface area contributed by atoms with Crippen molar-refractivity contribution in [1.29, 1.82) is 0 Å². The lowest BCUT2D eigenvalue weighted by molar-refractivity contribution is 0.103. The van der Waals surface area contributed by atoms with Gasteiger partial charge in [0, 0.05) is 16.5 Å². The minimum atomic E-state index is -0.0608. The molecule has 0 saturated heterocycles. The molecule has 142 valence electrons. The molecule has 0 atom stereocenters. The number of imidazole rings is 1. The molecular formula is C24H17BrN2OS. The van der Waals surface area contributed by atoms with E-state index in [2.05, 4.69) is 21.9 Å². The number of fused-ring (bicyclic) bond motifs is 1. The van der Waals surface area contributed by atoms with Crippen molar-refractivity contribution in [3.63, 3.8) is 0 Å². The van der Waals surface area contributed by atoms with Gasteiger partial charge in [-0.3, -0.25) is 9.20 Å². The van der Waals surface area contributed by atoms with Crippen LogP contribution in [0, 0.1) is 0 Å². The van der Waals surface area contributed by atoms with Crippen molar-refractivity contribution >= 4 is 39.1 Å². The first-order chi connectivity index (χ1) is 13.8. The Morgan fingerprint density at radius 2 is 1.31 bits per heavy atom.